The molecular formula is C27H27FN4O. The Morgan fingerprint density at radius 3 is 2.30 bits per heavy atom. The normalized spacial score (nSPS) is 15.5. The molecule has 5 nitrogen and oxygen atoms in total. The molecule has 1 aromatic heterocycles. The van der Waals surface area contributed by atoms with Gasteiger partial charge >= 0.3 is 0 Å². The number of rotatable bonds is 5. The van der Waals surface area contributed by atoms with E-state index in [9.17, 15) is 4.39 Å². The van der Waals surface area contributed by atoms with Gasteiger partial charge in [-0.05, 0) is 60.9 Å². The molecule has 0 bridgehead atoms. The summed E-state index contributed by atoms with van der Waals surface area (Å²) in [5, 5.41) is 8.71. The molecule has 1 saturated heterocycles. The van der Waals surface area contributed by atoms with Crippen LogP contribution in [0.4, 0.5) is 10.1 Å². The van der Waals surface area contributed by atoms with Crippen molar-refractivity contribution in [3.63, 3.8) is 0 Å². The summed E-state index contributed by atoms with van der Waals surface area (Å²) in [5.41, 5.74) is 5.67. The Labute approximate surface area is 193 Å². The lowest BCUT2D eigenvalue weighted by Gasteiger charge is -2.39. The standard InChI is InChI=1S/C27H27FN4O/c1-19-8-9-20(2)24(18-19)31-14-16-32(17-15-31)25(21-10-12-23(28)13-11-21)27-30-29-26(33-27)22-6-4-3-5-7-22/h3-13,18,25H,14-17H2,1-2H3/t25-/m0/s1. The van der Waals surface area contributed by atoms with Crippen LogP contribution in [-0.2, 0) is 0 Å². The molecule has 0 amide bonds. The fourth-order valence-electron chi connectivity index (χ4n) is 4.48. The predicted molar refractivity (Wildman–Crippen MR) is 128 cm³/mol. The van der Waals surface area contributed by atoms with Crippen molar-refractivity contribution in [1.82, 2.24) is 15.1 Å². The number of halogens is 1. The second-order valence-corrected chi connectivity index (χ2v) is 8.58. The lowest BCUT2D eigenvalue weighted by molar-refractivity contribution is 0.188. The Balaban J connectivity index is 1.42. The molecule has 33 heavy (non-hydrogen) atoms. The van der Waals surface area contributed by atoms with Crippen LogP contribution in [0.2, 0.25) is 0 Å². The monoisotopic (exact) mass is 442 g/mol. The fourth-order valence-corrected chi connectivity index (χ4v) is 4.48. The topological polar surface area (TPSA) is 45.4 Å². The Morgan fingerprint density at radius 2 is 1.58 bits per heavy atom. The summed E-state index contributed by atoms with van der Waals surface area (Å²) in [6.45, 7) is 7.73. The molecule has 1 aliphatic rings. The fraction of sp³-hybridized carbons (Fsp3) is 0.259. The SMILES string of the molecule is Cc1ccc(C)c(N2CCN([C@@H](c3ccc(F)cc3)c3nnc(-c4ccccc4)o3)CC2)c1. The number of nitrogens with zero attached hydrogens (tertiary/aromatic N) is 4. The van der Waals surface area contributed by atoms with E-state index in [4.69, 9.17) is 4.42 Å². The van der Waals surface area contributed by atoms with Crippen molar-refractivity contribution >= 4 is 5.69 Å². The Kier molecular flexibility index (Phi) is 5.92. The molecule has 0 aliphatic carbocycles. The van der Waals surface area contributed by atoms with Crippen molar-refractivity contribution in [2.24, 2.45) is 0 Å². The molecular weight excluding hydrogens is 415 g/mol. The minimum absolute atomic E-state index is 0.226. The van der Waals surface area contributed by atoms with Gasteiger partial charge in [-0.25, -0.2) is 4.39 Å². The lowest BCUT2D eigenvalue weighted by Crippen LogP contribution is -2.48. The second kappa shape index (κ2) is 9.16. The Hall–Kier alpha value is -3.51. The summed E-state index contributed by atoms with van der Waals surface area (Å²) >= 11 is 0. The summed E-state index contributed by atoms with van der Waals surface area (Å²) in [4.78, 5) is 4.78. The highest BCUT2D eigenvalue weighted by atomic mass is 19.1. The molecule has 0 unspecified atom stereocenters. The van der Waals surface area contributed by atoms with Crippen molar-refractivity contribution in [2.45, 2.75) is 19.9 Å². The van der Waals surface area contributed by atoms with Crippen LogP contribution in [0.3, 0.4) is 0 Å². The lowest BCUT2D eigenvalue weighted by atomic mass is 10.0. The highest BCUT2D eigenvalue weighted by molar-refractivity contribution is 5.55. The van der Waals surface area contributed by atoms with E-state index in [0.29, 0.717) is 11.8 Å². The van der Waals surface area contributed by atoms with E-state index < -0.39 is 0 Å². The van der Waals surface area contributed by atoms with E-state index in [1.807, 2.05) is 42.5 Å². The quantitative estimate of drug-likeness (QED) is 0.414. The first-order valence-corrected chi connectivity index (χ1v) is 11.3. The summed E-state index contributed by atoms with van der Waals surface area (Å²) in [7, 11) is 0. The van der Waals surface area contributed by atoms with Gasteiger partial charge in [-0.3, -0.25) is 4.90 Å². The number of hydrogen-bond donors (Lipinski definition) is 0. The van der Waals surface area contributed by atoms with Crippen LogP contribution in [0.15, 0.2) is 77.2 Å². The van der Waals surface area contributed by atoms with Crippen LogP contribution >= 0.6 is 0 Å². The van der Waals surface area contributed by atoms with Gasteiger partial charge in [0.1, 0.15) is 11.9 Å². The van der Waals surface area contributed by atoms with E-state index in [0.717, 1.165) is 37.3 Å². The zero-order valence-electron chi connectivity index (χ0n) is 18.9. The average Bonchev–Trinajstić information content (AvgIpc) is 3.33. The van der Waals surface area contributed by atoms with Gasteiger partial charge < -0.3 is 9.32 Å². The highest BCUT2D eigenvalue weighted by Gasteiger charge is 2.31. The molecule has 1 aliphatic heterocycles. The largest absolute Gasteiger partial charge is 0.419 e. The van der Waals surface area contributed by atoms with E-state index in [-0.39, 0.29) is 11.9 Å². The van der Waals surface area contributed by atoms with Crippen LogP contribution in [-0.4, -0.2) is 41.3 Å². The van der Waals surface area contributed by atoms with Crippen LogP contribution in [0.25, 0.3) is 11.5 Å². The maximum absolute atomic E-state index is 13.7. The molecule has 2 heterocycles. The van der Waals surface area contributed by atoms with Gasteiger partial charge in [-0.2, -0.15) is 0 Å². The van der Waals surface area contributed by atoms with Gasteiger partial charge in [0.2, 0.25) is 11.8 Å². The van der Waals surface area contributed by atoms with Crippen molar-refractivity contribution in [3.05, 3.63) is 101 Å². The Morgan fingerprint density at radius 1 is 0.848 bits per heavy atom. The number of aromatic nitrogens is 2. The van der Waals surface area contributed by atoms with Crippen LogP contribution in [0.1, 0.15) is 28.6 Å². The summed E-state index contributed by atoms with van der Waals surface area (Å²) in [6, 6.07) is 22.7. The van der Waals surface area contributed by atoms with Gasteiger partial charge in [0, 0.05) is 37.4 Å². The van der Waals surface area contributed by atoms with Crippen LogP contribution < -0.4 is 4.90 Å². The van der Waals surface area contributed by atoms with Crippen molar-refractivity contribution in [1.29, 1.82) is 0 Å². The molecule has 0 spiro atoms. The number of anilines is 1. The number of hydrogen-bond acceptors (Lipinski definition) is 5. The molecule has 3 aromatic carbocycles. The van der Waals surface area contributed by atoms with Gasteiger partial charge in [-0.15, -0.1) is 10.2 Å². The van der Waals surface area contributed by atoms with E-state index in [1.54, 1.807) is 0 Å². The van der Waals surface area contributed by atoms with Crippen molar-refractivity contribution in [3.8, 4) is 11.5 Å². The zero-order valence-corrected chi connectivity index (χ0v) is 18.9. The van der Waals surface area contributed by atoms with Gasteiger partial charge in [0.15, 0.2) is 0 Å². The molecule has 5 rings (SSSR count). The number of piperazine rings is 1. The third-order valence-corrected chi connectivity index (χ3v) is 6.27. The number of aryl methyl sites for hydroxylation is 2. The molecule has 168 valence electrons. The smallest absolute Gasteiger partial charge is 0.247 e. The van der Waals surface area contributed by atoms with E-state index in [1.165, 1.54) is 28.9 Å². The van der Waals surface area contributed by atoms with E-state index in [2.05, 4.69) is 52.0 Å². The first kappa shape index (κ1) is 21.3. The van der Waals surface area contributed by atoms with Crippen molar-refractivity contribution < 1.29 is 8.81 Å². The third-order valence-electron chi connectivity index (χ3n) is 6.27. The van der Waals surface area contributed by atoms with Crippen LogP contribution in [0, 0.1) is 19.7 Å². The van der Waals surface area contributed by atoms with Crippen LogP contribution in [0.5, 0.6) is 0 Å². The third kappa shape index (κ3) is 4.52. The molecule has 1 atom stereocenters. The summed E-state index contributed by atoms with van der Waals surface area (Å²) in [5.74, 6) is 0.764. The molecule has 1 fully saturated rings. The molecule has 4 aromatic rings. The minimum atomic E-state index is -0.257. The predicted octanol–water partition coefficient (Wildman–Crippen LogP) is 5.40. The maximum Gasteiger partial charge on any atom is 0.247 e. The average molecular weight is 443 g/mol. The first-order valence-electron chi connectivity index (χ1n) is 11.3. The maximum atomic E-state index is 13.7. The van der Waals surface area contributed by atoms with E-state index >= 15 is 0 Å². The summed E-state index contributed by atoms with van der Waals surface area (Å²) in [6.07, 6.45) is 0. The first-order chi connectivity index (χ1) is 16.1. The van der Waals surface area contributed by atoms with Gasteiger partial charge in [0.05, 0.1) is 0 Å². The van der Waals surface area contributed by atoms with Crippen molar-refractivity contribution in [2.75, 3.05) is 31.1 Å². The number of benzene rings is 3. The molecule has 6 heteroatoms. The highest BCUT2D eigenvalue weighted by Crippen LogP contribution is 2.32. The Bertz CT molecular complexity index is 1210. The molecule has 0 N–H and O–H groups in total. The molecule has 0 saturated carbocycles. The second-order valence-electron chi connectivity index (χ2n) is 8.58. The van der Waals surface area contributed by atoms with Gasteiger partial charge in [0.25, 0.3) is 0 Å². The molecule has 0 radical (unpaired) electrons. The zero-order chi connectivity index (χ0) is 22.8. The van der Waals surface area contributed by atoms with Gasteiger partial charge in [-0.1, -0.05) is 42.5 Å². The minimum Gasteiger partial charge on any atom is -0.419 e. The summed E-state index contributed by atoms with van der Waals surface area (Å²) < 4.78 is 19.8.